The molecule has 2 rings (SSSR count). The van der Waals surface area contributed by atoms with E-state index in [1.54, 1.807) is 23.9 Å². The second-order valence-electron chi connectivity index (χ2n) is 4.11. The number of carbonyl (C=O) groups is 1. The summed E-state index contributed by atoms with van der Waals surface area (Å²) in [6.07, 6.45) is 2.64. The summed E-state index contributed by atoms with van der Waals surface area (Å²) in [5.41, 5.74) is 1.30. The van der Waals surface area contributed by atoms with E-state index in [2.05, 4.69) is 0 Å². The van der Waals surface area contributed by atoms with E-state index in [1.807, 2.05) is 12.1 Å². The van der Waals surface area contributed by atoms with Crippen LogP contribution in [-0.2, 0) is 10.5 Å². The predicted molar refractivity (Wildman–Crippen MR) is 68.5 cm³/mol. The first-order chi connectivity index (χ1) is 8.27. The van der Waals surface area contributed by atoms with Crippen molar-refractivity contribution in [3.05, 3.63) is 35.4 Å². The van der Waals surface area contributed by atoms with Gasteiger partial charge in [0.2, 0.25) is 0 Å². The zero-order chi connectivity index (χ0) is 12.1. The molecule has 92 valence electrons. The molecule has 1 unspecified atom stereocenters. The fourth-order valence-electron chi connectivity index (χ4n) is 1.93. The Morgan fingerprint density at radius 2 is 2.29 bits per heavy atom. The van der Waals surface area contributed by atoms with Crippen molar-refractivity contribution in [1.82, 2.24) is 0 Å². The lowest BCUT2D eigenvalue weighted by Crippen LogP contribution is -2.08. The molecule has 0 spiro atoms. The summed E-state index contributed by atoms with van der Waals surface area (Å²) in [6, 6.07) is 7.18. The second-order valence-corrected chi connectivity index (χ2v) is 5.14. The number of carboxylic acid groups (broad SMARTS) is 1. The molecular formula is C13H16O3S. The van der Waals surface area contributed by atoms with Crippen LogP contribution < -0.4 is 0 Å². The Hall–Kier alpha value is -1.00. The molecule has 1 saturated heterocycles. The molecule has 0 aromatic heterocycles. The van der Waals surface area contributed by atoms with Gasteiger partial charge in [-0.15, -0.1) is 0 Å². The lowest BCUT2D eigenvalue weighted by Gasteiger charge is -2.09. The van der Waals surface area contributed by atoms with E-state index in [0.717, 1.165) is 36.5 Å². The minimum Gasteiger partial charge on any atom is -0.478 e. The molecule has 1 aromatic carbocycles. The SMILES string of the molecule is O=C(O)c1ccccc1CSCC1CCCO1. The van der Waals surface area contributed by atoms with Crippen molar-refractivity contribution in [2.24, 2.45) is 0 Å². The molecule has 0 aliphatic carbocycles. The van der Waals surface area contributed by atoms with Gasteiger partial charge >= 0.3 is 5.97 Å². The van der Waals surface area contributed by atoms with Crippen LogP contribution in [-0.4, -0.2) is 29.5 Å². The summed E-state index contributed by atoms with van der Waals surface area (Å²) in [6.45, 7) is 0.872. The van der Waals surface area contributed by atoms with Crippen molar-refractivity contribution in [1.29, 1.82) is 0 Å². The van der Waals surface area contributed by atoms with Crippen molar-refractivity contribution in [3.8, 4) is 0 Å². The summed E-state index contributed by atoms with van der Waals surface area (Å²) in [5, 5.41) is 9.04. The summed E-state index contributed by atoms with van der Waals surface area (Å²) < 4.78 is 5.53. The number of carboxylic acids is 1. The zero-order valence-electron chi connectivity index (χ0n) is 9.59. The molecular weight excluding hydrogens is 236 g/mol. The normalized spacial score (nSPS) is 19.4. The van der Waals surface area contributed by atoms with Crippen LogP contribution in [0.5, 0.6) is 0 Å². The van der Waals surface area contributed by atoms with E-state index in [0.29, 0.717) is 11.7 Å². The number of rotatable bonds is 5. The lowest BCUT2D eigenvalue weighted by atomic mass is 10.1. The highest BCUT2D eigenvalue weighted by atomic mass is 32.2. The van der Waals surface area contributed by atoms with E-state index in [9.17, 15) is 4.79 Å². The molecule has 0 saturated carbocycles. The first kappa shape index (κ1) is 12.5. The Kier molecular flexibility index (Phi) is 4.45. The van der Waals surface area contributed by atoms with E-state index in [4.69, 9.17) is 9.84 Å². The monoisotopic (exact) mass is 252 g/mol. The molecule has 0 radical (unpaired) electrons. The first-order valence-electron chi connectivity index (χ1n) is 5.78. The standard InChI is InChI=1S/C13H16O3S/c14-13(15)12-6-2-1-4-10(12)8-17-9-11-5-3-7-16-11/h1-2,4,6,11H,3,5,7-9H2,(H,14,15). The van der Waals surface area contributed by atoms with Crippen LogP contribution in [0, 0.1) is 0 Å². The number of hydrogen-bond donors (Lipinski definition) is 1. The van der Waals surface area contributed by atoms with E-state index in [1.165, 1.54) is 0 Å². The minimum atomic E-state index is -0.849. The van der Waals surface area contributed by atoms with Crippen LogP contribution in [0.4, 0.5) is 0 Å². The van der Waals surface area contributed by atoms with E-state index < -0.39 is 5.97 Å². The lowest BCUT2D eigenvalue weighted by molar-refractivity contribution is 0.0696. The second kappa shape index (κ2) is 6.07. The number of ether oxygens (including phenoxy) is 1. The molecule has 1 fully saturated rings. The molecule has 1 aliphatic rings. The van der Waals surface area contributed by atoms with Gasteiger partial charge in [0, 0.05) is 18.1 Å². The number of aromatic carboxylic acids is 1. The van der Waals surface area contributed by atoms with Crippen LogP contribution in [0.15, 0.2) is 24.3 Å². The maximum Gasteiger partial charge on any atom is 0.335 e. The van der Waals surface area contributed by atoms with Crippen LogP contribution in [0.1, 0.15) is 28.8 Å². The van der Waals surface area contributed by atoms with Crippen molar-refractivity contribution >= 4 is 17.7 Å². The van der Waals surface area contributed by atoms with Gasteiger partial charge in [-0.2, -0.15) is 11.8 Å². The molecule has 4 heteroatoms. The third-order valence-corrected chi connectivity index (χ3v) is 3.96. The predicted octanol–water partition coefficient (Wildman–Crippen LogP) is 2.80. The Labute approximate surface area is 105 Å². The van der Waals surface area contributed by atoms with Gasteiger partial charge < -0.3 is 9.84 Å². The van der Waals surface area contributed by atoms with Crippen LogP contribution in [0.2, 0.25) is 0 Å². The van der Waals surface area contributed by atoms with Gasteiger partial charge in [0.05, 0.1) is 11.7 Å². The highest BCUT2D eigenvalue weighted by Crippen LogP contribution is 2.21. The Morgan fingerprint density at radius 3 is 3.00 bits per heavy atom. The Balaban J connectivity index is 1.87. The number of hydrogen-bond acceptors (Lipinski definition) is 3. The molecule has 1 atom stereocenters. The third-order valence-electron chi connectivity index (χ3n) is 2.83. The van der Waals surface area contributed by atoms with Crippen molar-refractivity contribution < 1.29 is 14.6 Å². The fraction of sp³-hybridized carbons (Fsp3) is 0.462. The molecule has 1 aliphatic heterocycles. The smallest absolute Gasteiger partial charge is 0.335 e. The highest BCUT2D eigenvalue weighted by molar-refractivity contribution is 7.98. The van der Waals surface area contributed by atoms with Gasteiger partial charge in [0.15, 0.2) is 0 Å². The quantitative estimate of drug-likeness (QED) is 0.875. The van der Waals surface area contributed by atoms with Crippen LogP contribution in [0.25, 0.3) is 0 Å². The number of thioether (sulfide) groups is 1. The van der Waals surface area contributed by atoms with Crippen LogP contribution >= 0.6 is 11.8 Å². The maximum absolute atomic E-state index is 11.0. The topological polar surface area (TPSA) is 46.5 Å². The average Bonchev–Trinajstić information content (AvgIpc) is 2.82. The van der Waals surface area contributed by atoms with Gasteiger partial charge in [-0.3, -0.25) is 0 Å². The summed E-state index contributed by atoms with van der Waals surface area (Å²) in [4.78, 5) is 11.0. The fourth-order valence-corrected chi connectivity index (χ4v) is 3.05. The molecule has 0 bridgehead atoms. The molecule has 1 aromatic rings. The van der Waals surface area contributed by atoms with Crippen molar-refractivity contribution in [3.63, 3.8) is 0 Å². The Morgan fingerprint density at radius 1 is 1.47 bits per heavy atom. The summed E-state index contributed by atoms with van der Waals surface area (Å²) in [5.74, 6) is 0.842. The molecule has 1 heterocycles. The molecule has 1 N–H and O–H groups in total. The minimum absolute atomic E-state index is 0.358. The number of benzene rings is 1. The molecule has 3 nitrogen and oxygen atoms in total. The zero-order valence-corrected chi connectivity index (χ0v) is 10.4. The average molecular weight is 252 g/mol. The van der Waals surface area contributed by atoms with Gasteiger partial charge in [-0.25, -0.2) is 4.79 Å². The molecule has 17 heavy (non-hydrogen) atoms. The first-order valence-corrected chi connectivity index (χ1v) is 6.93. The van der Waals surface area contributed by atoms with Crippen molar-refractivity contribution in [2.45, 2.75) is 24.7 Å². The third kappa shape index (κ3) is 3.48. The van der Waals surface area contributed by atoms with Crippen molar-refractivity contribution in [2.75, 3.05) is 12.4 Å². The summed E-state index contributed by atoms with van der Waals surface area (Å²) >= 11 is 1.75. The van der Waals surface area contributed by atoms with E-state index in [-0.39, 0.29) is 0 Å². The maximum atomic E-state index is 11.0. The van der Waals surface area contributed by atoms with Gasteiger partial charge in [-0.05, 0) is 24.5 Å². The van der Waals surface area contributed by atoms with E-state index >= 15 is 0 Å². The van der Waals surface area contributed by atoms with Crippen LogP contribution in [0.3, 0.4) is 0 Å². The highest BCUT2D eigenvalue weighted by Gasteiger charge is 2.16. The summed E-state index contributed by atoms with van der Waals surface area (Å²) in [7, 11) is 0. The largest absolute Gasteiger partial charge is 0.478 e. The van der Waals surface area contributed by atoms with Gasteiger partial charge in [-0.1, -0.05) is 18.2 Å². The van der Waals surface area contributed by atoms with Gasteiger partial charge in [0.1, 0.15) is 0 Å². The van der Waals surface area contributed by atoms with Gasteiger partial charge in [0.25, 0.3) is 0 Å². The Bertz CT molecular complexity index is 386. The molecule has 0 amide bonds.